The Balaban J connectivity index is 2.26. The van der Waals surface area contributed by atoms with Crippen molar-refractivity contribution in [2.45, 2.75) is 0 Å². The predicted octanol–water partition coefficient (Wildman–Crippen LogP) is 0.211. The van der Waals surface area contributed by atoms with Gasteiger partial charge >= 0.3 is 0 Å². The molecule has 0 bridgehead atoms. The van der Waals surface area contributed by atoms with Gasteiger partial charge in [-0.3, -0.25) is 9.11 Å². The first kappa shape index (κ1) is 9.74. The summed E-state index contributed by atoms with van der Waals surface area (Å²) >= 11 is 0. The van der Waals surface area contributed by atoms with Crippen molar-refractivity contribution >= 4 is 10.8 Å². The maximum absolute atomic E-state index is 11.0. The van der Waals surface area contributed by atoms with Gasteiger partial charge in [-0.1, -0.05) is 6.58 Å². The van der Waals surface area contributed by atoms with Crippen molar-refractivity contribution in [3.8, 4) is 0 Å². The highest BCUT2D eigenvalue weighted by molar-refractivity contribution is 7.85. The number of nitrogens with zero attached hydrogens (tertiary/aromatic N) is 1. The van der Waals surface area contributed by atoms with Crippen molar-refractivity contribution in [1.29, 1.82) is 0 Å². The summed E-state index contributed by atoms with van der Waals surface area (Å²) in [5, 5.41) is 0. The lowest BCUT2D eigenvalue weighted by molar-refractivity contribution is 0.223. The van der Waals surface area contributed by atoms with Crippen molar-refractivity contribution in [3.05, 3.63) is 12.3 Å². The van der Waals surface area contributed by atoms with Gasteiger partial charge in [-0.25, -0.2) is 0 Å². The van der Waals surface area contributed by atoms with Gasteiger partial charge in [0.05, 0.1) is 13.7 Å². The molecule has 1 saturated heterocycles. The molecule has 0 aliphatic carbocycles. The number of methoxy groups -OCH3 is 1. The summed E-state index contributed by atoms with van der Waals surface area (Å²) in [5.74, 6) is 2.36. The van der Waals surface area contributed by atoms with Crippen LogP contribution in [0, 0.1) is 0 Å². The van der Waals surface area contributed by atoms with Crippen molar-refractivity contribution in [1.82, 2.24) is 4.90 Å². The fourth-order valence-corrected chi connectivity index (χ4v) is 2.28. The Bertz CT molecular complexity index is 183. The van der Waals surface area contributed by atoms with Gasteiger partial charge in [0, 0.05) is 35.4 Å². The largest absolute Gasteiger partial charge is 0.500 e. The van der Waals surface area contributed by atoms with Gasteiger partial charge in [-0.15, -0.1) is 0 Å². The quantitative estimate of drug-likeness (QED) is 0.594. The number of hydrogen-bond donors (Lipinski definition) is 0. The van der Waals surface area contributed by atoms with Gasteiger partial charge in [0.25, 0.3) is 0 Å². The first-order valence-corrected chi connectivity index (χ1v) is 5.50. The Labute approximate surface area is 75.8 Å². The summed E-state index contributed by atoms with van der Waals surface area (Å²) in [5.41, 5.74) is 0. The fourth-order valence-electron chi connectivity index (χ4n) is 1.15. The maximum Gasteiger partial charge on any atom is 0.102 e. The molecule has 12 heavy (non-hydrogen) atoms. The Kier molecular flexibility index (Phi) is 3.75. The molecule has 0 spiro atoms. The SMILES string of the molecule is C=C(CN1CCS(=O)CC1)OC. The first-order chi connectivity index (χ1) is 5.72. The van der Waals surface area contributed by atoms with E-state index in [0.717, 1.165) is 36.9 Å². The van der Waals surface area contributed by atoms with Crippen molar-refractivity contribution in [3.63, 3.8) is 0 Å². The zero-order valence-corrected chi connectivity index (χ0v) is 8.23. The monoisotopic (exact) mass is 189 g/mol. The second kappa shape index (κ2) is 4.62. The van der Waals surface area contributed by atoms with Gasteiger partial charge < -0.3 is 4.74 Å². The van der Waals surface area contributed by atoms with Gasteiger partial charge in [0.15, 0.2) is 0 Å². The minimum atomic E-state index is -0.590. The summed E-state index contributed by atoms with van der Waals surface area (Å²) < 4.78 is 16.0. The van der Waals surface area contributed by atoms with E-state index in [1.54, 1.807) is 7.11 Å². The van der Waals surface area contributed by atoms with Gasteiger partial charge in [0.2, 0.25) is 0 Å². The third kappa shape index (κ3) is 2.95. The Morgan fingerprint density at radius 2 is 2.17 bits per heavy atom. The van der Waals surface area contributed by atoms with Crippen LogP contribution in [0.5, 0.6) is 0 Å². The molecule has 1 fully saturated rings. The molecule has 4 heteroatoms. The van der Waals surface area contributed by atoms with E-state index in [1.165, 1.54) is 0 Å². The van der Waals surface area contributed by atoms with E-state index in [1.807, 2.05) is 0 Å². The van der Waals surface area contributed by atoms with E-state index >= 15 is 0 Å². The third-order valence-electron chi connectivity index (χ3n) is 1.96. The van der Waals surface area contributed by atoms with Crippen LogP contribution in [-0.4, -0.2) is 47.4 Å². The first-order valence-electron chi connectivity index (χ1n) is 4.01. The summed E-state index contributed by atoms with van der Waals surface area (Å²) in [6.07, 6.45) is 0. The molecule has 0 unspecified atom stereocenters. The van der Waals surface area contributed by atoms with E-state index in [9.17, 15) is 4.21 Å². The molecule has 1 aliphatic rings. The Hall–Kier alpha value is -0.350. The average Bonchev–Trinajstić information content (AvgIpc) is 2.09. The molecule has 0 radical (unpaired) electrons. The lowest BCUT2D eigenvalue weighted by Gasteiger charge is -2.26. The molecule has 0 aromatic heterocycles. The Morgan fingerprint density at radius 1 is 1.58 bits per heavy atom. The van der Waals surface area contributed by atoms with Gasteiger partial charge in [-0.05, 0) is 0 Å². The van der Waals surface area contributed by atoms with Crippen molar-refractivity contribution in [2.75, 3.05) is 38.2 Å². The van der Waals surface area contributed by atoms with Crippen LogP contribution in [0.15, 0.2) is 12.3 Å². The smallest absolute Gasteiger partial charge is 0.102 e. The highest BCUT2D eigenvalue weighted by Gasteiger charge is 2.15. The number of ether oxygens (including phenoxy) is 1. The van der Waals surface area contributed by atoms with Crippen LogP contribution >= 0.6 is 0 Å². The van der Waals surface area contributed by atoms with Crippen molar-refractivity contribution < 1.29 is 8.95 Å². The van der Waals surface area contributed by atoms with Crippen LogP contribution in [0.25, 0.3) is 0 Å². The van der Waals surface area contributed by atoms with E-state index < -0.39 is 10.8 Å². The molecule has 0 saturated carbocycles. The van der Waals surface area contributed by atoms with Gasteiger partial charge in [0.1, 0.15) is 5.76 Å². The van der Waals surface area contributed by atoms with Crippen LogP contribution in [0.3, 0.4) is 0 Å². The molecule has 0 aromatic carbocycles. The summed E-state index contributed by atoms with van der Waals surface area (Å²) in [6.45, 7) is 6.31. The molecule has 1 heterocycles. The lowest BCUT2D eigenvalue weighted by Crippen LogP contribution is -2.38. The van der Waals surface area contributed by atoms with Crippen LogP contribution < -0.4 is 0 Å². The van der Waals surface area contributed by atoms with Crippen LogP contribution in [-0.2, 0) is 15.5 Å². The normalized spacial score (nSPS) is 20.8. The van der Waals surface area contributed by atoms with Crippen molar-refractivity contribution in [2.24, 2.45) is 0 Å². The highest BCUT2D eigenvalue weighted by Crippen LogP contribution is 2.03. The zero-order valence-electron chi connectivity index (χ0n) is 7.41. The second-order valence-corrected chi connectivity index (χ2v) is 4.56. The Morgan fingerprint density at radius 3 is 2.67 bits per heavy atom. The summed E-state index contributed by atoms with van der Waals surface area (Å²) in [4.78, 5) is 2.22. The molecule has 1 aliphatic heterocycles. The molecule has 0 amide bonds. The standard InChI is InChI=1S/C8H15NO2S/c1-8(11-2)7-9-3-5-12(10)6-4-9/h1,3-7H2,2H3. The van der Waals surface area contributed by atoms with Crippen LogP contribution in [0.2, 0.25) is 0 Å². The number of rotatable bonds is 3. The van der Waals surface area contributed by atoms with E-state index in [2.05, 4.69) is 11.5 Å². The molecule has 0 aromatic rings. The molecule has 1 rings (SSSR count). The highest BCUT2D eigenvalue weighted by atomic mass is 32.2. The number of hydrogen-bond acceptors (Lipinski definition) is 3. The van der Waals surface area contributed by atoms with Crippen LogP contribution in [0.1, 0.15) is 0 Å². The summed E-state index contributed by atoms with van der Waals surface area (Å²) in [6, 6.07) is 0. The maximum atomic E-state index is 11.0. The average molecular weight is 189 g/mol. The fraction of sp³-hybridized carbons (Fsp3) is 0.750. The minimum Gasteiger partial charge on any atom is -0.500 e. The molecular formula is C8H15NO2S. The minimum absolute atomic E-state index is 0.590. The summed E-state index contributed by atoms with van der Waals surface area (Å²) in [7, 11) is 1.04. The van der Waals surface area contributed by atoms with E-state index in [4.69, 9.17) is 4.74 Å². The topological polar surface area (TPSA) is 29.5 Å². The van der Waals surface area contributed by atoms with Gasteiger partial charge in [-0.2, -0.15) is 0 Å². The molecule has 0 N–H and O–H groups in total. The van der Waals surface area contributed by atoms with E-state index in [-0.39, 0.29) is 0 Å². The molecule has 70 valence electrons. The predicted molar refractivity (Wildman–Crippen MR) is 50.5 cm³/mol. The zero-order chi connectivity index (χ0) is 8.97. The molecule has 3 nitrogen and oxygen atoms in total. The molecule has 0 atom stereocenters. The van der Waals surface area contributed by atoms with E-state index in [0.29, 0.717) is 0 Å². The third-order valence-corrected chi connectivity index (χ3v) is 3.23. The molecular weight excluding hydrogens is 174 g/mol. The van der Waals surface area contributed by atoms with Crippen LogP contribution in [0.4, 0.5) is 0 Å². The lowest BCUT2D eigenvalue weighted by atomic mass is 10.4. The second-order valence-electron chi connectivity index (χ2n) is 2.87.